The number of aromatic amines is 1. The van der Waals surface area contributed by atoms with Gasteiger partial charge in [0.2, 0.25) is 5.95 Å². The van der Waals surface area contributed by atoms with Crippen molar-refractivity contribution in [3.63, 3.8) is 0 Å². The van der Waals surface area contributed by atoms with E-state index in [2.05, 4.69) is 20.2 Å². The quantitative estimate of drug-likeness (QED) is 0.736. The first-order valence-electron chi connectivity index (χ1n) is 7.92. The second-order valence-electron chi connectivity index (χ2n) is 5.98. The molecule has 4 rings (SSSR count). The predicted octanol–water partition coefficient (Wildman–Crippen LogP) is 1.42. The molecule has 4 heterocycles. The fourth-order valence-electron chi connectivity index (χ4n) is 3.24. The van der Waals surface area contributed by atoms with Crippen molar-refractivity contribution >= 4 is 17.0 Å². The van der Waals surface area contributed by atoms with Crippen LogP contribution in [-0.2, 0) is 4.74 Å². The van der Waals surface area contributed by atoms with Crippen LogP contribution in [-0.4, -0.2) is 37.9 Å². The Balaban J connectivity index is 2.06. The molecule has 0 radical (unpaired) electrons. The lowest BCUT2D eigenvalue weighted by Crippen LogP contribution is -2.32. The highest BCUT2D eigenvalue weighted by molar-refractivity contribution is 5.83. The molecule has 1 saturated heterocycles. The van der Waals surface area contributed by atoms with E-state index in [4.69, 9.17) is 10.5 Å². The van der Waals surface area contributed by atoms with Crippen LogP contribution < -0.4 is 11.3 Å². The average molecular weight is 326 g/mol. The van der Waals surface area contributed by atoms with E-state index in [9.17, 15) is 4.79 Å². The number of hydrogen-bond donors (Lipinski definition) is 2. The van der Waals surface area contributed by atoms with Crippen LogP contribution >= 0.6 is 0 Å². The van der Waals surface area contributed by atoms with Crippen LogP contribution in [0.5, 0.6) is 0 Å². The molecule has 0 bridgehead atoms. The molecule has 0 unspecified atom stereocenters. The SMILES string of the molecule is Cc1nc(N)nc2c1cc(-c1ccn[nH]1)c(=O)n2[C@H]1CCCOC1. The summed E-state index contributed by atoms with van der Waals surface area (Å²) in [5.41, 5.74) is 8.21. The molecule has 124 valence electrons. The molecule has 0 saturated carbocycles. The average Bonchev–Trinajstić information content (AvgIpc) is 3.09. The summed E-state index contributed by atoms with van der Waals surface area (Å²) >= 11 is 0. The number of pyridine rings is 1. The van der Waals surface area contributed by atoms with Gasteiger partial charge in [-0.15, -0.1) is 0 Å². The van der Waals surface area contributed by atoms with Gasteiger partial charge in [0.05, 0.1) is 29.6 Å². The summed E-state index contributed by atoms with van der Waals surface area (Å²) in [6.45, 7) is 3.08. The summed E-state index contributed by atoms with van der Waals surface area (Å²) < 4.78 is 7.28. The summed E-state index contributed by atoms with van der Waals surface area (Å²) in [4.78, 5) is 21.7. The zero-order chi connectivity index (χ0) is 16.7. The van der Waals surface area contributed by atoms with Gasteiger partial charge >= 0.3 is 0 Å². The van der Waals surface area contributed by atoms with Crippen LogP contribution in [0.3, 0.4) is 0 Å². The van der Waals surface area contributed by atoms with Gasteiger partial charge in [-0.1, -0.05) is 0 Å². The Hall–Kier alpha value is -2.74. The van der Waals surface area contributed by atoms with Crippen molar-refractivity contribution in [3.8, 4) is 11.3 Å². The lowest BCUT2D eigenvalue weighted by molar-refractivity contribution is 0.0594. The molecule has 1 aliphatic heterocycles. The first-order chi connectivity index (χ1) is 11.6. The van der Waals surface area contributed by atoms with E-state index in [1.807, 2.05) is 6.92 Å². The van der Waals surface area contributed by atoms with Crippen LogP contribution in [0.4, 0.5) is 5.95 Å². The number of nitrogens with zero attached hydrogens (tertiary/aromatic N) is 4. The van der Waals surface area contributed by atoms with E-state index in [1.165, 1.54) is 0 Å². The van der Waals surface area contributed by atoms with Gasteiger partial charge in [0.25, 0.3) is 5.56 Å². The zero-order valence-electron chi connectivity index (χ0n) is 13.3. The van der Waals surface area contributed by atoms with Crippen molar-refractivity contribution in [1.29, 1.82) is 0 Å². The van der Waals surface area contributed by atoms with Crippen molar-refractivity contribution in [2.45, 2.75) is 25.8 Å². The minimum absolute atomic E-state index is 0.0645. The molecule has 3 aromatic heterocycles. The number of fused-ring (bicyclic) bond motifs is 1. The number of aromatic nitrogens is 5. The van der Waals surface area contributed by atoms with E-state index in [-0.39, 0.29) is 17.5 Å². The molecule has 0 spiro atoms. The highest BCUT2D eigenvalue weighted by Gasteiger charge is 2.23. The summed E-state index contributed by atoms with van der Waals surface area (Å²) in [5.74, 6) is 0.166. The van der Waals surface area contributed by atoms with Gasteiger partial charge in [0.15, 0.2) is 0 Å². The predicted molar refractivity (Wildman–Crippen MR) is 89.6 cm³/mol. The number of anilines is 1. The molecule has 1 atom stereocenters. The van der Waals surface area contributed by atoms with E-state index in [0.29, 0.717) is 23.5 Å². The Morgan fingerprint density at radius 1 is 1.42 bits per heavy atom. The highest BCUT2D eigenvalue weighted by atomic mass is 16.5. The Bertz CT molecular complexity index is 941. The topological polar surface area (TPSA) is 112 Å². The molecular formula is C16H18N6O2. The lowest BCUT2D eigenvalue weighted by Gasteiger charge is -2.26. The number of hydrogen-bond acceptors (Lipinski definition) is 6. The molecule has 1 fully saturated rings. The van der Waals surface area contributed by atoms with Crippen LogP contribution in [0.2, 0.25) is 0 Å². The van der Waals surface area contributed by atoms with Crippen molar-refractivity contribution in [3.05, 3.63) is 34.4 Å². The number of nitrogens with one attached hydrogen (secondary N) is 1. The van der Waals surface area contributed by atoms with Crippen molar-refractivity contribution in [1.82, 2.24) is 24.7 Å². The molecule has 0 aliphatic carbocycles. The summed E-state index contributed by atoms with van der Waals surface area (Å²) in [5, 5.41) is 7.61. The maximum Gasteiger partial charge on any atom is 0.261 e. The molecule has 8 nitrogen and oxygen atoms in total. The zero-order valence-corrected chi connectivity index (χ0v) is 13.3. The monoisotopic (exact) mass is 326 g/mol. The van der Waals surface area contributed by atoms with Crippen LogP contribution in [0.1, 0.15) is 24.6 Å². The fourth-order valence-corrected chi connectivity index (χ4v) is 3.24. The van der Waals surface area contributed by atoms with Gasteiger partial charge in [-0.05, 0) is 31.9 Å². The number of aryl methyl sites for hydroxylation is 1. The Kier molecular flexibility index (Phi) is 3.53. The van der Waals surface area contributed by atoms with Gasteiger partial charge in [-0.3, -0.25) is 14.5 Å². The van der Waals surface area contributed by atoms with E-state index in [0.717, 1.165) is 30.5 Å². The highest BCUT2D eigenvalue weighted by Crippen LogP contribution is 2.26. The minimum atomic E-state index is -0.125. The Morgan fingerprint density at radius 2 is 2.29 bits per heavy atom. The summed E-state index contributed by atoms with van der Waals surface area (Å²) in [6, 6.07) is 3.52. The summed E-state index contributed by atoms with van der Waals surface area (Å²) in [7, 11) is 0. The van der Waals surface area contributed by atoms with Crippen LogP contribution in [0.15, 0.2) is 23.1 Å². The standard InChI is InChI=1S/C16H18N6O2/c1-9-11-7-12(13-4-5-18-21-13)15(23)22(10-3-2-6-24-8-10)14(11)20-16(17)19-9/h4-5,7,10H,2-3,6,8H2,1H3,(H,18,21)(H2,17,19,20)/t10-/m0/s1. The normalized spacial score (nSPS) is 18.1. The summed E-state index contributed by atoms with van der Waals surface area (Å²) in [6.07, 6.45) is 3.40. The fraction of sp³-hybridized carbons (Fsp3) is 0.375. The third kappa shape index (κ3) is 2.35. The molecular weight excluding hydrogens is 308 g/mol. The number of ether oxygens (including phenoxy) is 1. The molecule has 8 heteroatoms. The van der Waals surface area contributed by atoms with E-state index >= 15 is 0 Å². The van der Waals surface area contributed by atoms with Gasteiger partial charge in [0.1, 0.15) is 5.65 Å². The lowest BCUT2D eigenvalue weighted by atomic mass is 10.1. The van der Waals surface area contributed by atoms with E-state index < -0.39 is 0 Å². The first-order valence-corrected chi connectivity index (χ1v) is 7.92. The Morgan fingerprint density at radius 3 is 3.00 bits per heavy atom. The Labute approximate surface area is 137 Å². The second-order valence-corrected chi connectivity index (χ2v) is 5.98. The van der Waals surface area contributed by atoms with Gasteiger partial charge in [-0.25, -0.2) is 4.98 Å². The molecule has 1 aliphatic rings. The van der Waals surface area contributed by atoms with Crippen molar-refractivity contribution < 1.29 is 4.74 Å². The first kappa shape index (κ1) is 14.8. The minimum Gasteiger partial charge on any atom is -0.379 e. The largest absolute Gasteiger partial charge is 0.379 e. The molecule has 3 aromatic rings. The number of rotatable bonds is 2. The smallest absolute Gasteiger partial charge is 0.261 e. The maximum atomic E-state index is 13.2. The number of nitrogen functional groups attached to an aromatic ring is 1. The van der Waals surface area contributed by atoms with Gasteiger partial charge < -0.3 is 10.5 Å². The molecule has 24 heavy (non-hydrogen) atoms. The van der Waals surface area contributed by atoms with Crippen LogP contribution in [0.25, 0.3) is 22.3 Å². The third-order valence-corrected chi connectivity index (χ3v) is 4.39. The van der Waals surface area contributed by atoms with Crippen molar-refractivity contribution in [2.24, 2.45) is 0 Å². The van der Waals surface area contributed by atoms with Crippen LogP contribution in [0, 0.1) is 6.92 Å². The second kappa shape index (κ2) is 5.72. The van der Waals surface area contributed by atoms with Crippen molar-refractivity contribution in [2.75, 3.05) is 18.9 Å². The maximum absolute atomic E-state index is 13.2. The van der Waals surface area contributed by atoms with Gasteiger partial charge in [-0.2, -0.15) is 10.1 Å². The third-order valence-electron chi connectivity index (χ3n) is 4.39. The van der Waals surface area contributed by atoms with Gasteiger partial charge in [0, 0.05) is 18.2 Å². The number of H-pyrrole nitrogens is 1. The molecule has 0 aromatic carbocycles. The molecule has 3 N–H and O–H groups in total. The molecule has 0 amide bonds. The van der Waals surface area contributed by atoms with E-state index in [1.54, 1.807) is 22.9 Å². The number of nitrogens with two attached hydrogens (primary N) is 1.